The summed E-state index contributed by atoms with van der Waals surface area (Å²) >= 11 is 0. The Labute approximate surface area is 107 Å². The number of aryl methyl sites for hydroxylation is 2. The maximum absolute atomic E-state index is 12.1. The van der Waals surface area contributed by atoms with Crippen LogP contribution in [0.25, 0.3) is 0 Å². The van der Waals surface area contributed by atoms with Gasteiger partial charge >= 0.3 is 0 Å². The number of aromatic amines is 1. The Kier molecular flexibility index (Phi) is 3.52. The van der Waals surface area contributed by atoms with Gasteiger partial charge in [0.1, 0.15) is 0 Å². The van der Waals surface area contributed by atoms with Gasteiger partial charge in [-0.1, -0.05) is 0 Å². The van der Waals surface area contributed by atoms with Crippen molar-refractivity contribution in [3.8, 4) is 0 Å². The van der Waals surface area contributed by atoms with Crippen LogP contribution in [0.5, 0.6) is 0 Å². The average Bonchev–Trinajstić information content (AvgIpc) is 2.63. The number of nitrogens with zero attached hydrogens (tertiary/aromatic N) is 2. The minimum absolute atomic E-state index is 0.0780. The molecule has 0 aromatic carbocycles. The SMILES string of the molecule is Cc1cc(C(=O)CN2CCN(C)C(=O)C2)c(C)[nH]1. The smallest absolute Gasteiger partial charge is 0.236 e. The molecule has 2 rings (SSSR count). The van der Waals surface area contributed by atoms with Gasteiger partial charge in [0, 0.05) is 37.1 Å². The molecule has 1 amide bonds. The van der Waals surface area contributed by atoms with Crippen molar-refractivity contribution in [1.82, 2.24) is 14.8 Å². The van der Waals surface area contributed by atoms with Crippen molar-refractivity contribution in [3.63, 3.8) is 0 Å². The van der Waals surface area contributed by atoms with Gasteiger partial charge in [-0.2, -0.15) is 0 Å². The molecule has 5 nitrogen and oxygen atoms in total. The Morgan fingerprint density at radius 2 is 2.11 bits per heavy atom. The zero-order chi connectivity index (χ0) is 13.3. The van der Waals surface area contributed by atoms with Gasteiger partial charge in [-0.3, -0.25) is 14.5 Å². The average molecular weight is 249 g/mol. The Bertz CT molecular complexity index is 479. The molecule has 0 spiro atoms. The first-order chi connectivity index (χ1) is 8.47. The van der Waals surface area contributed by atoms with Crippen molar-refractivity contribution in [1.29, 1.82) is 0 Å². The van der Waals surface area contributed by atoms with E-state index in [0.29, 0.717) is 19.6 Å². The van der Waals surface area contributed by atoms with E-state index >= 15 is 0 Å². The number of aromatic nitrogens is 1. The number of rotatable bonds is 3. The number of likely N-dealkylation sites (N-methyl/N-ethyl adjacent to an activating group) is 1. The van der Waals surface area contributed by atoms with Crippen LogP contribution in [0.4, 0.5) is 0 Å². The summed E-state index contributed by atoms with van der Waals surface area (Å²) in [5.74, 6) is 0.158. The Morgan fingerprint density at radius 1 is 1.39 bits per heavy atom. The maximum atomic E-state index is 12.1. The zero-order valence-corrected chi connectivity index (χ0v) is 11.1. The highest BCUT2D eigenvalue weighted by Gasteiger charge is 2.23. The van der Waals surface area contributed by atoms with Crippen LogP contribution < -0.4 is 0 Å². The minimum atomic E-state index is 0.0780. The van der Waals surface area contributed by atoms with Crippen molar-refractivity contribution >= 4 is 11.7 Å². The second-order valence-corrected chi connectivity index (χ2v) is 4.94. The van der Waals surface area contributed by atoms with Gasteiger partial charge in [0.2, 0.25) is 5.91 Å². The summed E-state index contributed by atoms with van der Waals surface area (Å²) in [4.78, 5) is 30.4. The van der Waals surface area contributed by atoms with Crippen molar-refractivity contribution in [2.75, 3.05) is 33.2 Å². The predicted octanol–water partition coefficient (Wildman–Crippen LogP) is 0.588. The fourth-order valence-corrected chi connectivity index (χ4v) is 2.24. The third-order valence-corrected chi connectivity index (χ3v) is 3.35. The number of carbonyl (C=O) groups excluding carboxylic acids is 2. The highest BCUT2D eigenvalue weighted by Crippen LogP contribution is 2.11. The van der Waals surface area contributed by atoms with E-state index < -0.39 is 0 Å². The summed E-state index contributed by atoms with van der Waals surface area (Å²) in [6.45, 7) is 5.94. The standard InChI is InChI=1S/C13H19N3O2/c1-9-6-11(10(2)14-9)12(17)7-16-5-4-15(3)13(18)8-16/h6,14H,4-5,7-8H2,1-3H3. The summed E-state index contributed by atoms with van der Waals surface area (Å²) in [6.07, 6.45) is 0. The van der Waals surface area contributed by atoms with Crippen LogP contribution in [-0.4, -0.2) is 59.7 Å². The molecule has 18 heavy (non-hydrogen) atoms. The van der Waals surface area contributed by atoms with Crippen LogP contribution in [0.15, 0.2) is 6.07 Å². The van der Waals surface area contributed by atoms with E-state index in [4.69, 9.17) is 0 Å². The van der Waals surface area contributed by atoms with Gasteiger partial charge in [0.05, 0.1) is 13.1 Å². The van der Waals surface area contributed by atoms with Crippen molar-refractivity contribution in [2.24, 2.45) is 0 Å². The summed E-state index contributed by atoms with van der Waals surface area (Å²) in [5, 5.41) is 0. The quantitative estimate of drug-likeness (QED) is 0.798. The molecule has 1 fully saturated rings. The number of carbonyl (C=O) groups is 2. The van der Waals surface area contributed by atoms with Crippen molar-refractivity contribution in [2.45, 2.75) is 13.8 Å². The summed E-state index contributed by atoms with van der Waals surface area (Å²) in [5.41, 5.74) is 2.63. The van der Waals surface area contributed by atoms with E-state index in [9.17, 15) is 9.59 Å². The van der Waals surface area contributed by atoms with Gasteiger partial charge in [-0.15, -0.1) is 0 Å². The molecular formula is C13H19N3O2. The van der Waals surface area contributed by atoms with Gasteiger partial charge < -0.3 is 9.88 Å². The molecule has 5 heteroatoms. The monoisotopic (exact) mass is 249 g/mol. The van der Waals surface area contributed by atoms with E-state index in [2.05, 4.69) is 4.98 Å². The molecule has 1 aliphatic heterocycles. The molecular weight excluding hydrogens is 230 g/mol. The molecule has 0 atom stereocenters. The molecule has 1 saturated heterocycles. The molecule has 1 aromatic heterocycles. The molecule has 1 aromatic rings. The molecule has 0 unspecified atom stereocenters. The highest BCUT2D eigenvalue weighted by atomic mass is 16.2. The fourth-order valence-electron chi connectivity index (χ4n) is 2.24. The van der Waals surface area contributed by atoms with E-state index in [-0.39, 0.29) is 11.7 Å². The first kappa shape index (κ1) is 12.8. The van der Waals surface area contributed by atoms with Gasteiger partial charge in [0.25, 0.3) is 0 Å². The van der Waals surface area contributed by atoms with Gasteiger partial charge in [0.15, 0.2) is 5.78 Å². The van der Waals surface area contributed by atoms with Gasteiger partial charge in [-0.05, 0) is 19.9 Å². The number of ketones is 1. The number of nitrogens with one attached hydrogen (secondary N) is 1. The lowest BCUT2D eigenvalue weighted by atomic mass is 10.1. The van der Waals surface area contributed by atoms with E-state index in [1.54, 1.807) is 11.9 Å². The molecule has 1 N–H and O–H groups in total. The molecule has 0 radical (unpaired) electrons. The normalized spacial score (nSPS) is 17.3. The Morgan fingerprint density at radius 3 is 2.67 bits per heavy atom. The first-order valence-corrected chi connectivity index (χ1v) is 6.13. The lowest BCUT2D eigenvalue weighted by molar-refractivity contribution is -0.134. The molecule has 1 aliphatic rings. The molecule has 0 aliphatic carbocycles. The number of hydrogen-bond donors (Lipinski definition) is 1. The van der Waals surface area contributed by atoms with Crippen molar-refractivity contribution < 1.29 is 9.59 Å². The molecule has 0 saturated carbocycles. The van der Waals surface area contributed by atoms with E-state index in [1.165, 1.54) is 0 Å². The van der Waals surface area contributed by atoms with Crippen molar-refractivity contribution in [3.05, 3.63) is 23.0 Å². The predicted molar refractivity (Wildman–Crippen MR) is 68.7 cm³/mol. The van der Waals surface area contributed by atoms with Crippen LogP contribution in [0.2, 0.25) is 0 Å². The third-order valence-electron chi connectivity index (χ3n) is 3.35. The minimum Gasteiger partial charge on any atom is -0.362 e. The van der Waals surface area contributed by atoms with E-state index in [0.717, 1.165) is 23.5 Å². The number of H-pyrrole nitrogens is 1. The second kappa shape index (κ2) is 4.94. The van der Waals surface area contributed by atoms with Gasteiger partial charge in [-0.25, -0.2) is 0 Å². The molecule has 2 heterocycles. The topological polar surface area (TPSA) is 56.4 Å². The third kappa shape index (κ3) is 2.61. The van der Waals surface area contributed by atoms with Crippen LogP contribution in [0.3, 0.4) is 0 Å². The molecule has 98 valence electrons. The van der Waals surface area contributed by atoms with Crippen LogP contribution >= 0.6 is 0 Å². The number of piperazine rings is 1. The van der Waals surface area contributed by atoms with Crippen LogP contribution in [0, 0.1) is 13.8 Å². The maximum Gasteiger partial charge on any atom is 0.236 e. The number of Topliss-reactive ketones (excluding diaryl/α,β-unsaturated/α-hetero) is 1. The number of amides is 1. The fraction of sp³-hybridized carbons (Fsp3) is 0.538. The summed E-state index contributed by atoms with van der Waals surface area (Å²) in [7, 11) is 1.79. The number of hydrogen-bond acceptors (Lipinski definition) is 3. The highest BCUT2D eigenvalue weighted by molar-refractivity contribution is 5.99. The summed E-state index contributed by atoms with van der Waals surface area (Å²) in [6, 6.07) is 1.87. The van der Waals surface area contributed by atoms with Crippen LogP contribution in [-0.2, 0) is 4.79 Å². The van der Waals surface area contributed by atoms with Crippen LogP contribution in [0.1, 0.15) is 21.7 Å². The first-order valence-electron chi connectivity index (χ1n) is 6.13. The zero-order valence-electron chi connectivity index (χ0n) is 11.1. The molecule has 0 bridgehead atoms. The second-order valence-electron chi connectivity index (χ2n) is 4.94. The Hall–Kier alpha value is -1.62. The van der Waals surface area contributed by atoms with E-state index in [1.807, 2.05) is 24.8 Å². The summed E-state index contributed by atoms with van der Waals surface area (Å²) < 4.78 is 0. The Balaban J connectivity index is 2.00. The lowest BCUT2D eigenvalue weighted by Gasteiger charge is -2.31. The lowest BCUT2D eigenvalue weighted by Crippen LogP contribution is -2.49. The largest absolute Gasteiger partial charge is 0.362 e.